The fraction of sp³-hybridized carbons (Fsp3) is 0.273. The number of esters is 1. The topological polar surface area (TPSA) is 67.4 Å². The fourth-order valence-corrected chi connectivity index (χ4v) is 1.29. The van der Waals surface area contributed by atoms with E-state index in [4.69, 9.17) is 11.6 Å². The van der Waals surface area contributed by atoms with E-state index in [9.17, 15) is 9.59 Å². The van der Waals surface area contributed by atoms with E-state index in [1.807, 2.05) is 0 Å². The Morgan fingerprint density at radius 1 is 1.29 bits per heavy atom. The minimum atomic E-state index is -0.421. The summed E-state index contributed by atoms with van der Waals surface area (Å²) in [7, 11) is 1.29. The van der Waals surface area contributed by atoms with Gasteiger partial charge in [0, 0.05) is 0 Å². The van der Waals surface area contributed by atoms with Crippen LogP contribution in [0.5, 0.6) is 0 Å². The molecule has 92 valence electrons. The molecule has 0 fully saturated rings. The van der Waals surface area contributed by atoms with Crippen LogP contribution in [-0.2, 0) is 14.3 Å². The lowest BCUT2D eigenvalue weighted by Gasteiger charge is -2.07. The van der Waals surface area contributed by atoms with Crippen LogP contribution in [0.1, 0.15) is 0 Å². The molecule has 2 N–H and O–H groups in total. The molecule has 0 spiro atoms. The zero-order valence-corrected chi connectivity index (χ0v) is 10.1. The molecule has 1 aromatic carbocycles. The first-order valence-electron chi connectivity index (χ1n) is 4.95. The number of hydrogen-bond donors (Lipinski definition) is 2. The molecule has 1 aromatic rings. The minimum Gasteiger partial charge on any atom is -0.468 e. The van der Waals surface area contributed by atoms with Gasteiger partial charge in [-0.25, -0.2) is 0 Å². The number of ether oxygens (including phenoxy) is 1. The third-order valence-electron chi connectivity index (χ3n) is 1.93. The average Bonchev–Trinajstić information content (AvgIpc) is 2.32. The molecule has 0 saturated carbocycles. The first kappa shape index (κ1) is 13.5. The Morgan fingerprint density at radius 3 is 2.65 bits per heavy atom. The predicted molar refractivity (Wildman–Crippen MR) is 65.0 cm³/mol. The molecule has 0 heterocycles. The lowest BCUT2D eigenvalue weighted by Crippen LogP contribution is -2.32. The number of methoxy groups -OCH3 is 1. The van der Waals surface area contributed by atoms with Crippen LogP contribution in [0, 0.1) is 0 Å². The summed E-state index contributed by atoms with van der Waals surface area (Å²) in [5.41, 5.74) is 0.541. The van der Waals surface area contributed by atoms with Crippen LogP contribution in [0.3, 0.4) is 0 Å². The van der Waals surface area contributed by atoms with E-state index in [1.54, 1.807) is 24.3 Å². The Hall–Kier alpha value is -1.59. The Morgan fingerprint density at radius 2 is 2.00 bits per heavy atom. The first-order valence-corrected chi connectivity index (χ1v) is 5.33. The van der Waals surface area contributed by atoms with Gasteiger partial charge < -0.3 is 10.1 Å². The van der Waals surface area contributed by atoms with Crippen molar-refractivity contribution in [2.45, 2.75) is 0 Å². The van der Waals surface area contributed by atoms with E-state index in [2.05, 4.69) is 15.4 Å². The SMILES string of the molecule is COC(=O)CNCC(=O)Nc1ccccc1Cl. The van der Waals surface area contributed by atoms with Gasteiger partial charge in [-0.2, -0.15) is 0 Å². The number of halogens is 1. The number of para-hydroxylation sites is 1. The van der Waals surface area contributed by atoms with Crippen LogP contribution >= 0.6 is 11.6 Å². The van der Waals surface area contributed by atoms with E-state index in [-0.39, 0.29) is 19.0 Å². The van der Waals surface area contributed by atoms with Gasteiger partial charge in [-0.15, -0.1) is 0 Å². The number of rotatable bonds is 5. The second kappa shape index (κ2) is 6.88. The highest BCUT2D eigenvalue weighted by Gasteiger charge is 2.06. The van der Waals surface area contributed by atoms with Crippen LogP contribution < -0.4 is 10.6 Å². The summed E-state index contributed by atoms with van der Waals surface area (Å²) < 4.78 is 4.42. The van der Waals surface area contributed by atoms with Crippen molar-refractivity contribution in [1.29, 1.82) is 0 Å². The largest absolute Gasteiger partial charge is 0.468 e. The number of hydrogen-bond acceptors (Lipinski definition) is 4. The lowest BCUT2D eigenvalue weighted by atomic mass is 10.3. The van der Waals surface area contributed by atoms with Gasteiger partial charge in [-0.05, 0) is 12.1 Å². The molecule has 1 rings (SSSR count). The summed E-state index contributed by atoms with van der Waals surface area (Å²) in [5, 5.41) is 5.73. The molecule has 17 heavy (non-hydrogen) atoms. The van der Waals surface area contributed by atoms with Crippen molar-refractivity contribution >= 4 is 29.2 Å². The van der Waals surface area contributed by atoms with E-state index in [0.29, 0.717) is 10.7 Å². The minimum absolute atomic E-state index is 0.00750. The summed E-state index contributed by atoms with van der Waals surface area (Å²) in [6, 6.07) is 6.91. The van der Waals surface area contributed by atoms with Crippen LogP contribution in [0.2, 0.25) is 5.02 Å². The summed E-state index contributed by atoms with van der Waals surface area (Å²) >= 11 is 5.87. The van der Waals surface area contributed by atoms with Crippen molar-refractivity contribution in [2.75, 3.05) is 25.5 Å². The van der Waals surface area contributed by atoms with Gasteiger partial charge >= 0.3 is 5.97 Å². The number of carbonyl (C=O) groups is 2. The molecular weight excluding hydrogens is 244 g/mol. The maximum Gasteiger partial charge on any atom is 0.319 e. The van der Waals surface area contributed by atoms with Crippen LogP contribution in [0.15, 0.2) is 24.3 Å². The average molecular weight is 257 g/mol. The Kier molecular flexibility index (Phi) is 5.45. The quantitative estimate of drug-likeness (QED) is 0.773. The summed E-state index contributed by atoms with van der Waals surface area (Å²) in [6.07, 6.45) is 0. The van der Waals surface area contributed by atoms with E-state index >= 15 is 0 Å². The number of nitrogens with one attached hydrogen (secondary N) is 2. The fourth-order valence-electron chi connectivity index (χ4n) is 1.11. The van der Waals surface area contributed by atoms with Gasteiger partial charge in [-0.1, -0.05) is 23.7 Å². The molecule has 0 aliphatic rings. The Bertz CT molecular complexity index is 409. The number of carbonyl (C=O) groups excluding carboxylic acids is 2. The van der Waals surface area contributed by atoms with Crippen molar-refractivity contribution in [3.05, 3.63) is 29.3 Å². The zero-order valence-electron chi connectivity index (χ0n) is 9.33. The van der Waals surface area contributed by atoms with Crippen LogP contribution in [0.25, 0.3) is 0 Å². The van der Waals surface area contributed by atoms with Gasteiger partial charge in [-0.3, -0.25) is 14.9 Å². The smallest absolute Gasteiger partial charge is 0.319 e. The third kappa shape index (κ3) is 4.84. The van der Waals surface area contributed by atoms with Crippen LogP contribution in [-0.4, -0.2) is 32.1 Å². The highest BCUT2D eigenvalue weighted by Crippen LogP contribution is 2.19. The normalized spacial score (nSPS) is 9.76. The number of amides is 1. The molecule has 0 unspecified atom stereocenters. The molecule has 5 nitrogen and oxygen atoms in total. The van der Waals surface area contributed by atoms with E-state index < -0.39 is 5.97 Å². The number of anilines is 1. The molecule has 0 atom stereocenters. The maximum atomic E-state index is 11.5. The van der Waals surface area contributed by atoms with Crippen molar-refractivity contribution < 1.29 is 14.3 Å². The molecule has 0 radical (unpaired) electrons. The first-order chi connectivity index (χ1) is 8.13. The van der Waals surface area contributed by atoms with Crippen LogP contribution in [0.4, 0.5) is 5.69 Å². The highest BCUT2D eigenvalue weighted by molar-refractivity contribution is 6.33. The molecular formula is C11H13ClN2O3. The molecule has 6 heteroatoms. The van der Waals surface area contributed by atoms with Gasteiger partial charge in [0.05, 0.1) is 30.9 Å². The molecule has 0 aliphatic carbocycles. The molecule has 0 saturated heterocycles. The maximum absolute atomic E-state index is 11.5. The number of benzene rings is 1. The zero-order chi connectivity index (χ0) is 12.7. The lowest BCUT2D eigenvalue weighted by molar-refractivity contribution is -0.139. The molecule has 0 aliphatic heterocycles. The molecule has 0 aromatic heterocycles. The van der Waals surface area contributed by atoms with Gasteiger partial charge in [0.15, 0.2) is 0 Å². The predicted octanol–water partition coefficient (Wildman–Crippen LogP) is 1.04. The Balaban J connectivity index is 2.35. The van der Waals surface area contributed by atoms with E-state index in [1.165, 1.54) is 7.11 Å². The summed E-state index contributed by atoms with van der Waals surface area (Å²) in [5.74, 6) is -0.697. The van der Waals surface area contributed by atoms with Crippen molar-refractivity contribution in [1.82, 2.24) is 5.32 Å². The highest BCUT2D eigenvalue weighted by atomic mass is 35.5. The van der Waals surface area contributed by atoms with Crippen molar-refractivity contribution in [3.8, 4) is 0 Å². The van der Waals surface area contributed by atoms with Gasteiger partial charge in [0.25, 0.3) is 0 Å². The standard InChI is InChI=1S/C11H13ClN2O3/c1-17-11(16)7-13-6-10(15)14-9-5-3-2-4-8(9)12/h2-5,13H,6-7H2,1H3,(H,14,15). The molecule has 1 amide bonds. The van der Waals surface area contributed by atoms with Gasteiger partial charge in [0.2, 0.25) is 5.91 Å². The molecule has 0 bridgehead atoms. The van der Waals surface area contributed by atoms with E-state index in [0.717, 1.165) is 0 Å². The second-order valence-electron chi connectivity index (χ2n) is 3.21. The van der Waals surface area contributed by atoms with Crippen molar-refractivity contribution in [3.63, 3.8) is 0 Å². The van der Waals surface area contributed by atoms with Gasteiger partial charge in [0.1, 0.15) is 0 Å². The Labute approximate surface area is 104 Å². The summed E-state index contributed by atoms with van der Waals surface area (Å²) in [6.45, 7) is 0.00671. The third-order valence-corrected chi connectivity index (χ3v) is 2.26. The monoisotopic (exact) mass is 256 g/mol. The van der Waals surface area contributed by atoms with Crippen molar-refractivity contribution in [2.24, 2.45) is 0 Å². The second-order valence-corrected chi connectivity index (χ2v) is 3.61. The summed E-state index contributed by atoms with van der Waals surface area (Å²) in [4.78, 5) is 22.2.